The number of hydrogen-bond acceptors (Lipinski definition) is 0. The SMILES string of the molecule is [C-]#[N+]C(c1cccc(F)c1)C(F)(F)F. The molecule has 0 amide bonds. The molecule has 0 aliphatic rings. The van der Waals surface area contributed by atoms with Crippen molar-refractivity contribution in [1.82, 2.24) is 0 Å². The first-order chi connectivity index (χ1) is 6.45. The van der Waals surface area contributed by atoms with Crippen LogP contribution in [0, 0.1) is 12.4 Å². The smallest absolute Gasteiger partial charge is 0.298 e. The van der Waals surface area contributed by atoms with Gasteiger partial charge in [0.15, 0.2) is 0 Å². The maximum Gasteiger partial charge on any atom is 0.470 e. The molecule has 1 aromatic rings. The molecule has 74 valence electrons. The monoisotopic (exact) mass is 203 g/mol. The Bertz CT molecular complexity index is 364. The summed E-state index contributed by atoms with van der Waals surface area (Å²) in [5, 5.41) is 0. The third-order valence-electron chi connectivity index (χ3n) is 1.60. The quantitative estimate of drug-likeness (QED) is 0.487. The molecule has 1 aromatic carbocycles. The Hall–Kier alpha value is -1.57. The molecule has 0 N–H and O–H groups in total. The Balaban J connectivity index is 3.09. The third kappa shape index (κ3) is 2.22. The fourth-order valence-corrected chi connectivity index (χ4v) is 1.01. The molecule has 1 nitrogen and oxygen atoms in total. The van der Waals surface area contributed by atoms with E-state index < -0.39 is 18.0 Å². The predicted molar refractivity (Wildman–Crippen MR) is 41.8 cm³/mol. The highest BCUT2D eigenvalue weighted by atomic mass is 19.4. The van der Waals surface area contributed by atoms with Gasteiger partial charge in [0.05, 0.1) is 0 Å². The molecule has 1 unspecified atom stereocenters. The summed E-state index contributed by atoms with van der Waals surface area (Å²) >= 11 is 0. The topological polar surface area (TPSA) is 4.36 Å². The van der Waals surface area contributed by atoms with Crippen LogP contribution in [0.2, 0.25) is 0 Å². The molecule has 5 heteroatoms. The minimum Gasteiger partial charge on any atom is -0.298 e. The Morgan fingerprint density at radius 1 is 1.29 bits per heavy atom. The van der Waals surface area contributed by atoms with E-state index in [-0.39, 0.29) is 5.56 Å². The zero-order valence-corrected chi connectivity index (χ0v) is 6.85. The lowest BCUT2D eigenvalue weighted by Crippen LogP contribution is -2.17. The summed E-state index contributed by atoms with van der Waals surface area (Å²) in [5.74, 6) is -0.777. The minimum absolute atomic E-state index is 0.368. The largest absolute Gasteiger partial charge is 0.470 e. The molecule has 0 spiro atoms. The van der Waals surface area contributed by atoms with E-state index in [9.17, 15) is 17.6 Å². The standard InChI is InChI=1S/C9H5F4N/c1-14-8(9(11,12)13)6-3-2-4-7(10)5-6/h2-5,8H. The van der Waals surface area contributed by atoms with Crippen LogP contribution in [0.1, 0.15) is 11.6 Å². The van der Waals surface area contributed by atoms with Crippen molar-refractivity contribution in [2.45, 2.75) is 12.2 Å². The van der Waals surface area contributed by atoms with Crippen LogP contribution in [0.5, 0.6) is 0 Å². The number of halogens is 4. The van der Waals surface area contributed by atoms with Gasteiger partial charge in [-0.15, -0.1) is 0 Å². The highest BCUT2D eigenvalue weighted by Gasteiger charge is 2.47. The van der Waals surface area contributed by atoms with Crippen molar-refractivity contribution in [2.75, 3.05) is 0 Å². The molecular formula is C9H5F4N. The van der Waals surface area contributed by atoms with Crippen molar-refractivity contribution in [2.24, 2.45) is 0 Å². The summed E-state index contributed by atoms with van der Waals surface area (Å²) < 4.78 is 49.2. The second-order valence-corrected chi connectivity index (χ2v) is 2.63. The van der Waals surface area contributed by atoms with Crippen molar-refractivity contribution in [1.29, 1.82) is 0 Å². The Labute approximate surface area is 77.8 Å². The summed E-state index contributed by atoms with van der Waals surface area (Å²) in [4.78, 5) is 2.43. The lowest BCUT2D eigenvalue weighted by molar-refractivity contribution is -0.140. The van der Waals surface area contributed by atoms with Crippen LogP contribution in [-0.2, 0) is 0 Å². The fourth-order valence-electron chi connectivity index (χ4n) is 1.01. The van der Waals surface area contributed by atoms with Crippen LogP contribution in [-0.4, -0.2) is 6.18 Å². The van der Waals surface area contributed by atoms with Gasteiger partial charge in [0, 0.05) is 5.56 Å². The van der Waals surface area contributed by atoms with Gasteiger partial charge in [0.2, 0.25) is 0 Å². The van der Waals surface area contributed by atoms with Gasteiger partial charge in [0.1, 0.15) is 5.82 Å². The summed E-state index contributed by atoms with van der Waals surface area (Å²) in [7, 11) is 0. The molecule has 0 fully saturated rings. The highest BCUT2D eigenvalue weighted by Crippen LogP contribution is 2.35. The van der Waals surface area contributed by atoms with Gasteiger partial charge in [0.25, 0.3) is 0 Å². The maximum absolute atomic E-state index is 12.6. The molecule has 14 heavy (non-hydrogen) atoms. The lowest BCUT2D eigenvalue weighted by atomic mass is 10.1. The first-order valence-electron chi connectivity index (χ1n) is 3.64. The summed E-state index contributed by atoms with van der Waals surface area (Å²) in [6.45, 7) is 6.41. The van der Waals surface area contributed by atoms with Crippen LogP contribution in [0.25, 0.3) is 4.85 Å². The average Bonchev–Trinajstić information content (AvgIpc) is 2.02. The summed E-state index contributed by atoms with van der Waals surface area (Å²) in [6.07, 6.45) is -4.66. The zero-order chi connectivity index (χ0) is 10.8. The predicted octanol–water partition coefficient (Wildman–Crippen LogP) is 3.35. The minimum atomic E-state index is -4.66. The molecule has 0 aromatic heterocycles. The van der Waals surface area contributed by atoms with E-state index in [1.807, 2.05) is 0 Å². The first-order valence-corrected chi connectivity index (χ1v) is 3.64. The molecule has 0 aliphatic carbocycles. The van der Waals surface area contributed by atoms with Crippen molar-refractivity contribution < 1.29 is 17.6 Å². The van der Waals surface area contributed by atoms with E-state index in [0.29, 0.717) is 0 Å². The van der Waals surface area contributed by atoms with Crippen LogP contribution in [0.15, 0.2) is 24.3 Å². The third-order valence-corrected chi connectivity index (χ3v) is 1.60. The van der Waals surface area contributed by atoms with E-state index in [4.69, 9.17) is 6.57 Å². The second kappa shape index (κ2) is 3.66. The van der Waals surface area contributed by atoms with Crippen molar-refractivity contribution in [3.05, 3.63) is 47.1 Å². The first kappa shape index (κ1) is 10.5. The van der Waals surface area contributed by atoms with Gasteiger partial charge in [-0.3, -0.25) is 4.85 Å². The Morgan fingerprint density at radius 2 is 1.93 bits per heavy atom. The van der Waals surface area contributed by atoms with Gasteiger partial charge in [-0.25, -0.2) is 11.0 Å². The lowest BCUT2D eigenvalue weighted by Gasteiger charge is -2.09. The van der Waals surface area contributed by atoms with Gasteiger partial charge >= 0.3 is 12.2 Å². The van der Waals surface area contributed by atoms with Gasteiger partial charge in [-0.05, 0) is 12.1 Å². The average molecular weight is 203 g/mol. The fraction of sp³-hybridized carbons (Fsp3) is 0.222. The van der Waals surface area contributed by atoms with Crippen molar-refractivity contribution in [3.63, 3.8) is 0 Å². The molecule has 1 rings (SSSR count). The molecular weight excluding hydrogens is 198 g/mol. The van der Waals surface area contributed by atoms with Gasteiger partial charge in [-0.2, -0.15) is 13.2 Å². The molecule has 0 saturated heterocycles. The Morgan fingerprint density at radius 3 is 2.36 bits per heavy atom. The van der Waals surface area contributed by atoms with Crippen LogP contribution in [0.4, 0.5) is 17.6 Å². The molecule has 0 bridgehead atoms. The van der Waals surface area contributed by atoms with Crippen molar-refractivity contribution in [3.8, 4) is 0 Å². The summed E-state index contributed by atoms with van der Waals surface area (Å²) in [5.41, 5.74) is -0.368. The maximum atomic E-state index is 12.6. The van der Waals surface area contributed by atoms with E-state index >= 15 is 0 Å². The number of benzene rings is 1. The van der Waals surface area contributed by atoms with Crippen LogP contribution < -0.4 is 0 Å². The van der Waals surface area contributed by atoms with Crippen LogP contribution >= 0.6 is 0 Å². The number of nitrogens with zero attached hydrogens (tertiary/aromatic N) is 1. The van der Waals surface area contributed by atoms with E-state index in [1.54, 1.807) is 0 Å². The number of rotatable bonds is 1. The van der Waals surface area contributed by atoms with E-state index in [1.165, 1.54) is 0 Å². The zero-order valence-electron chi connectivity index (χ0n) is 6.85. The number of alkyl halides is 3. The molecule has 0 heterocycles. The van der Waals surface area contributed by atoms with Crippen molar-refractivity contribution >= 4 is 0 Å². The summed E-state index contributed by atoms with van der Waals surface area (Å²) in [6, 6.07) is 1.70. The van der Waals surface area contributed by atoms with Gasteiger partial charge in [-0.1, -0.05) is 12.1 Å². The van der Waals surface area contributed by atoms with E-state index in [2.05, 4.69) is 4.85 Å². The van der Waals surface area contributed by atoms with Crippen LogP contribution in [0.3, 0.4) is 0 Å². The van der Waals surface area contributed by atoms with E-state index in [0.717, 1.165) is 24.3 Å². The highest BCUT2D eigenvalue weighted by molar-refractivity contribution is 5.24. The van der Waals surface area contributed by atoms with Gasteiger partial charge < -0.3 is 0 Å². The number of hydrogen-bond donors (Lipinski definition) is 0. The molecule has 1 atom stereocenters. The normalized spacial score (nSPS) is 13.4. The molecule has 0 saturated carbocycles. The molecule has 0 radical (unpaired) electrons. The Kier molecular flexibility index (Phi) is 2.75. The molecule has 0 aliphatic heterocycles. The second-order valence-electron chi connectivity index (χ2n) is 2.63.